The minimum atomic E-state index is -0.852. The van der Waals surface area contributed by atoms with Crippen molar-refractivity contribution in [3.8, 4) is 17.3 Å². The summed E-state index contributed by atoms with van der Waals surface area (Å²) >= 11 is 0. The molecule has 1 aliphatic heterocycles. The number of nitrogen functional groups attached to an aromatic ring is 1. The van der Waals surface area contributed by atoms with Gasteiger partial charge in [-0.05, 0) is 43.2 Å². The second-order valence-electron chi connectivity index (χ2n) is 7.82. The van der Waals surface area contributed by atoms with E-state index in [2.05, 4.69) is 15.3 Å². The van der Waals surface area contributed by atoms with Crippen molar-refractivity contribution in [2.24, 2.45) is 0 Å². The number of pyridine rings is 2. The Bertz CT molecular complexity index is 1240. The lowest BCUT2D eigenvalue weighted by Crippen LogP contribution is -2.35. The van der Waals surface area contributed by atoms with Crippen LogP contribution in [0.1, 0.15) is 41.4 Å². The van der Waals surface area contributed by atoms with Crippen molar-refractivity contribution in [1.82, 2.24) is 9.97 Å². The van der Waals surface area contributed by atoms with E-state index in [4.69, 9.17) is 15.7 Å². The number of nitrogens with one attached hydrogen (secondary N) is 1. The van der Waals surface area contributed by atoms with Crippen molar-refractivity contribution >= 4 is 17.3 Å². The molecule has 0 unspecified atom stereocenters. The monoisotopic (exact) mass is 465 g/mol. The van der Waals surface area contributed by atoms with Gasteiger partial charge in [0.25, 0.3) is 5.91 Å². The number of halogens is 2. The van der Waals surface area contributed by atoms with E-state index in [0.29, 0.717) is 24.1 Å². The van der Waals surface area contributed by atoms with Gasteiger partial charge in [-0.3, -0.25) is 9.78 Å². The number of carbonyl (C=O) groups is 1. The van der Waals surface area contributed by atoms with Crippen LogP contribution in [0, 0.1) is 23.0 Å². The Morgan fingerprint density at radius 1 is 1.24 bits per heavy atom. The number of nitriles is 1. The largest absolute Gasteiger partial charge is 0.397 e. The molecule has 2 aromatic heterocycles. The number of nitrogens with two attached hydrogens (primary N) is 1. The molecule has 8 nitrogen and oxygen atoms in total. The molecular weight excluding hydrogens is 444 g/mol. The first kappa shape index (κ1) is 23.2. The molecule has 1 aromatic carbocycles. The highest BCUT2D eigenvalue weighted by molar-refractivity contribution is 6.04. The molecule has 4 N–H and O–H groups in total. The van der Waals surface area contributed by atoms with Gasteiger partial charge in [0, 0.05) is 11.8 Å². The first-order valence-electron chi connectivity index (χ1n) is 10.6. The molecule has 1 saturated heterocycles. The molecule has 1 fully saturated rings. The van der Waals surface area contributed by atoms with Crippen LogP contribution < -0.4 is 11.1 Å². The van der Waals surface area contributed by atoms with E-state index in [0.717, 1.165) is 12.1 Å². The summed E-state index contributed by atoms with van der Waals surface area (Å²) in [6.45, 7) is 0. The van der Waals surface area contributed by atoms with E-state index in [1.165, 1.54) is 24.4 Å². The molecule has 0 radical (unpaired) electrons. The molecule has 0 saturated carbocycles. The zero-order valence-corrected chi connectivity index (χ0v) is 17.9. The fourth-order valence-electron chi connectivity index (χ4n) is 3.88. The van der Waals surface area contributed by atoms with Crippen LogP contribution in [0.25, 0.3) is 11.3 Å². The van der Waals surface area contributed by atoms with Crippen LogP contribution in [0.4, 0.5) is 20.2 Å². The van der Waals surface area contributed by atoms with E-state index in [1.54, 1.807) is 12.3 Å². The molecule has 3 aromatic rings. The number of benzene rings is 1. The van der Waals surface area contributed by atoms with Crippen molar-refractivity contribution in [1.29, 1.82) is 5.26 Å². The van der Waals surface area contributed by atoms with Crippen LogP contribution in [0.2, 0.25) is 0 Å². The van der Waals surface area contributed by atoms with Crippen molar-refractivity contribution in [3.05, 3.63) is 71.7 Å². The number of amides is 1. The molecule has 174 valence electrons. The Morgan fingerprint density at radius 2 is 2.00 bits per heavy atom. The summed E-state index contributed by atoms with van der Waals surface area (Å²) in [5, 5.41) is 21.8. The number of ether oxygens (including phenoxy) is 1. The molecule has 1 amide bonds. The molecule has 3 atom stereocenters. The Hall–Kier alpha value is -3.94. The highest BCUT2D eigenvalue weighted by Gasteiger charge is 2.32. The maximum atomic E-state index is 14.3. The SMILES string of the molecule is N#CC[C@H]1O[C@@H](c2ccncc2NC(=O)c2ccc(N)c(-c3c(F)cccc3F)n2)CC[C@@H]1O. The summed E-state index contributed by atoms with van der Waals surface area (Å²) in [5.41, 5.74) is 6.16. The normalized spacial score (nSPS) is 19.9. The van der Waals surface area contributed by atoms with Gasteiger partial charge < -0.3 is 20.9 Å². The summed E-state index contributed by atoms with van der Waals surface area (Å²) in [6, 6.07) is 9.76. The molecule has 0 aliphatic carbocycles. The van der Waals surface area contributed by atoms with E-state index in [1.807, 2.05) is 6.07 Å². The summed E-state index contributed by atoms with van der Waals surface area (Å²) in [6.07, 6.45) is 2.08. The van der Waals surface area contributed by atoms with Gasteiger partial charge in [0.1, 0.15) is 17.3 Å². The van der Waals surface area contributed by atoms with Crippen LogP contribution >= 0.6 is 0 Å². The van der Waals surface area contributed by atoms with Crippen LogP contribution in [0.3, 0.4) is 0 Å². The predicted molar refractivity (Wildman–Crippen MR) is 119 cm³/mol. The van der Waals surface area contributed by atoms with E-state index in [9.17, 15) is 18.7 Å². The second kappa shape index (κ2) is 9.91. The van der Waals surface area contributed by atoms with Crippen LogP contribution in [-0.4, -0.2) is 33.2 Å². The van der Waals surface area contributed by atoms with Gasteiger partial charge >= 0.3 is 0 Å². The lowest BCUT2D eigenvalue weighted by Gasteiger charge is -2.33. The summed E-state index contributed by atoms with van der Waals surface area (Å²) in [4.78, 5) is 21.1. The molecule has 0 spiro atoms. The highest BCUT2D eigenvalue weighted by atomic mass is 19.1. The first-order valence-corrected chi connectivity index (χ1v) is 10.6. The van der Waals surface area contributed by atoms with Crippen LogP contribution in [0.5, 0.6) is 0 Å². The highest BCUT2D eigenvalue weighted by Crippen LogP contribution is 2.36. The second-order valence-corrected chi connectivity index (χ2v) is 7.82. The smallest absolute Gasteiger partial charge is 0.274 e. The molecule has 34 heavy (non-hydrogen) atoms. The molecule has 3 heterocycles. The van der Waals surface area contributed by atoms with Crippen LogP contribution in [-0.2, 0) is 4.74 Å². The van der Waals surface area contributed by atoms with Gasteiger partial charge in [0.15, 0.2) is 0 Å². The third kappa shape index (κ3) is 4.71. The fourth-order valence-corrected chi connectivity index (χ4v) is 3.88. The summed E-state index contributed by atoms with van der Waals surface area (Å²) < 4.78 is 34.5. The lowest BCUT2D eigenvalue weighted by molar-refractivity contribution is -0.116. The fraction of sp³-hybridized carbons (Fsp3) is 0.250. The van der Waals surface area contributed by atoms with E-state index in [-0.39, 0.29) is 23.5 Å². The number of hydrogen-bond acceptors (Lipinski definition) is 7. The van der Waals surface area contributed by atoms with E-state index < -0.39 is 41.4 Å². The van der Waals surface area contributed by atoms with Crippen molar-refractivity contribution in [3.63, 3.8) is 0 Å². The average Bonchev–Trinajstić information content (AvgIpc) is 2.82. The van der Waals surface area contributed by atoms with Gasteiger partial charge in [0.05, 0.1) is 59.6 Å². The Balaban J connectivity index is 1.61. The maximum absolute atomic E-state index is 14.3. The number of carbonyl (C=O) groups excluding carboxylic acids is 1. The maximum Gasteiger partial charge on any atom is 0.274 e. The van der Waals surface area contributed by atoms with Gasteiger partial charge in [0.2, 0.25) is 0 Å². The molecule has 4 rings (SSSR count). The average molecular weight is 465 g/mol. The lowest BCUT2D eigenvalue weighted by atomic mass is 9.95. The van der Waals surface area contributed by atoms with Crippen molar-refractivity contribution in [2.75, 3.05) is 11.1 Å². The minimum Gasteiger partial charge on any atom is -0.397 e. The van der Waals surface area contributed by atoms with Gasteiger partial charge in [-0.2, -0.15) is 5.26 Å². The predicted octanol–water partition coefficient (Wildman–Crippen LogP) is 3.75. The Labute approximate surface area is 194 Å². The molecule has 10 heteroatoms. The Morgan fingerprint density at radius 3 is 2.74 bits per heavy atom. The summed E-state index contributed by atoms with van der Waals surface area (Å²) in [7, 11) is 0. The molecule has 1 aliphatic rings. The van der Waals surface area contributed by atoms with Crippen molar-refractivity contribution in [2.45, 2.75) is 37.6 Å². The number of aliphatic hydroxyl groups is 1. The standard InChI is InChI=1S/C24H21F2N5O3/c25-14-2-1-3-15(26)22(14)23-16(28)4-5-17(30-23)24(33)31-18-12-29-11-9-13(18)20-7-6-19(32)21(34-20)8-10-27/h1-5,9,11-12,19-21,32H,6-8,28H2,(H,31,33)/t19-,20+,21+/m0/s1. The third-order valence-corrected chi connectivity index (χ3v) is 5.59. The number of hydrogen-bond donors (Lipinski definition) is 3. The number of aliphatic hydroxyl groups excluding tert-OH is 1. The van der Waals surface area contributed by atoms with Gasteiger partial charge in [-0.1, -0.05) is 6.07 Å². The third-order valence-electron chi connectivity index (χ3n) is 5.59. The number of aromatic nitrogens is 2. The van der Waals surface area contributed by atoms with E-state index >= 15 is 0 Å². The zero-order valence-electron chi connectivity index (χ0n) is 17.9. The quantitative estimate of drug-likeness (QED) is 0.522. The van der Waals surface area contributed by atoms with Gasteiger partial charge in [-0.25, -0.2) is 13.8 Å². The molecule has 0 bridgehead atoms. The molecular formula is C24H21F2N5O3. The van der Waals surface area contributed by atoms with Gasteiger partial charge in [-0.15, -0.1) is 0 Å². The minimum absolute atomic E-state index is 0.0142. The summed E-state index contributed by atoms with van der Waals surface area (Å²) in [5.74, 6) is -2.35. The topological polar surface area (TPSA) is 134 Å². The van der Waals surface area contributed by atoms with Crippen molar-refractivity contribution < 1.29 is 23.4 Å². The number of rotatable bonds is 5. The Kier molecular flexibility index (Phi) is 6.77. The zero-order chi connectivity index (χ0) is 24.2. The first-order chi connectivity index (χ1) is 16.4. The number of nitrogens with zero attached hydrogens (tertiary/aromatic N) is 3. The number of anilines is 2. The van der Waals surface area contributed by atoms with Crippen LogP contribution in [0.15, 0.2) is 48.8 Å².